The largest absolute Gasteiger partial charge is 0.476 e. The first-order valence-electron chi connectivity index (χ1n) is 7.49. The highest BCUT2D eigenvalue weighted by atomic mass is 35.5. The van der Waals surface area contributed by atoms with Crippen molar-refractivity contribution < 1.29 is 14.7 Å². The zero-order chi connectivity index (χ0) is 18.9. The number of hydrogen-bond donors (Lipinski definition) is 1. The maximum Gasteiger partial charge on any atom is 0.358 e. The van der Waals surface area contributed by atoms with Gasteiger partial charge in [0, 0.05) is 16.3 Å². The number of aliphatic imine (C=N–C) groups is 1. The number of hydrogen-bond acceptors (Lipinski definition) is 6. The van der Waals surface area contributed by atoms with Crippen molar-refractivity contribution in [2.75, 3.05) is 13.4 Å². The minimum absolute atomic E-state index is 0.121. The van der Waals surface area contributed by atoms with Crippen molar-refractivity contribution in [2.45, 2.75) is 5.75 Å². The lowest BCUT2D eigenvalue weighted by atomic mass is 10.0. The van der Waals surface area contributed by atoms with Crippen LogP contribution in [0.1, 0.15) is 11.1 Å². The molecule has 0 saturated carbocycles. The van der Waals surface area contributed by atoms with Gasteiger partial charge in [-0.2, -0.15) is 0 Å². The van der Waals surface area contributed by atoms with E-state index in [4.69, 9.17) is 11.6 Å². The van der Waals surface area contributed by atoms with Crippen LogP contribution in [0, 0.1) is 0 Å². The van der Waals surface area contributed by atoms with E-state index in [1.165, 1.54) is 30.6 Å². The Hall–Kier alpha value is -1.96. The molecule has 2 rings (SSSR count). The summed E-state index contributed by atoms with van der Waals surface area (Å²) in [6, 6.07) is 14.5. The normalized spacial score (nSPS) is 12.1. The molecule has 0 aliphatic carbocycles. The van der Waals surface area contributed by atoms with Crippen LogP contribution in [0.2, 0.25) is 5.02 Å². The van der Waals surface area contributed by atoms with Crippen LogP contribution in [0.3, 0.4) is 0 Å². The summed E-state index contributed by atoms with van der Waals surface area (Å²) in [6.45, 7) is 0. The monoisotopic (exact) mass is 408 g/mol. The fourth-order valence-corrected chi connectivity index (χ4v) is 3.74. The maximum atomic E-state index is 11.4. The Morgan fingerprint density at radius 2 is 1.88 bits per heavy atom. The summed E-state index contributed by atoms with van der Waals surface area (Å²) in [6.07, 6.45) is 1.95. The van der Waals surface area contributed by atoms with E-state index in [9.17, 15) is 9.90 Å². The molecule has 0 radical (unpaired) electrons. The molecule has 0 amide bonds. The Morgan fingerprint density at radius 1 is 1.19 bits per heavy atom. The van der Waals surface area contributed by atoms with Gasteiger partial charge in [-0.25, -0.2) is 9.79 Å². The van der Waals surface area contributed by atoms with E-state index in [1.54, 1.807) is 24.3 Å². The zero-order valence-corrected chi connectivity index (χ0v) is 16.6. The van der Waals surface area contributed by atoms with E-state index < -0.39 is 5.97 Å². The van der Waals surface area contributed by atoms with E-state index in [0.717, 1.165) is 15.6 Å². The van der Waals surface area contributed by atoms with E-state index in [2.05, 4.69) is 15.0 Å². The third kappa shape index (κ3) is 5.79. The first-order valence-corrected chi connectivity index (χ1v) is 10.1. The molecular weight excluding hydrogens is 392 g/mol. The molecule has 0 fully saturated rings. The third-order valence-electron chi connectivity index (χ3n) is 3.23. The van der Waals surface area contributed by atoms with Crippen molar-refractivity contribution in [2.24, 2.45) is 10.1 Å². The summed E-state index contributed by atoms with van der Waals surface area (Å²) < 4.78 is 0.864. The van der Waals surface area contributed by atoms with Crippen molar-refractivity contribution in [3.8, 4) is 0 Å². The van der Waals surface area contributed by atoms with Crippen molar-refractivity contribution in [3.05, 3.63) is 64.7 Å². The summed E-state index contributed by atoms with van der Waals surface area (Å²) >= 11 is 8.95. The van der Waals surface area contributed by atoms with E-state index >= 15 is 0 Å². The molecule has 5 nitrogen and oxygen atoms in total. The molecule has 2 aromatic rings. The van der Waals surface area contributed by atoms with Gasteiger partial charge in [-0.15, -0.1) is 11.8 Å². The third-order valence-corrected chi connectivity index (χ3v) is 5.57. The number of halogens is 1. The van der Waals surface area contributed by atoms with E-state index in [-0.39, 0.29) is 5.71 Å². The maximum absolute atomic E-state index is 11.4. The van der Waals surface area contributed by atoms with Crippen LogP contribution in [-0.4, -0.2) is 34.5 Å². The molecule has 136 valence electrons. The molecule has 0 unspecified atom stereocenters. The number of nitrogens with zero attached hydrogens (tertiary/aromatic N) is 2. The highest BCUT2D eigenvalue weighted by molar-refractivity contribution is 8.38. The van der Waals surface area contributed by atoms with Crippen LogP contribution < -0.4 is 0 Å². The summed E-state index contributed by atoms with van der Waals surface area (Å²) in [5.74, 6) is -0.580. The number of carbonyl (C=O) groups is 1. The quantitative estimate of drug-likeness (QED) is 0.411. The first kappa shape index (κ1) is 20.4. The van der Waals surface area contributed by atoms with Gasteiger partial charge >= 0.3 is 5.97 Å². The number of carboxylic acid groups (broad SMARTS) is 1. The molecule has 26 heavy (non-hydrogen) atoms. The lowest BCUT2D eigenvalue weighted by Gasteiger charge is -2.09. The molecule has 1 N–H and O–H groups in total. The first-order chi connectivity index (χ1) is 12.5. The SMILES string of the molecule is CO/N=C(\C(=O)O)c1ccccc1CS/C(=N/c1ccc(Cl)cc1)SC. The van der Waals surface area contributed by atoms with Gasteiger partial charge in [0.25, 0.3) is 0 Å². The molecule has 0 bridgehead atoms. The lowest BCUT2D eigenvalue weighted by Crippen LogP contribution is -2.16. The van der Waals surface area contributed by atoms with Crippen LogP contribution in [-0.2, 0) is 15.4 Å². The number of benzene rings is 2. The lowest BCUT2D eigenvalue weighted by molar-refractivity contribution is -0.129. The van der Waals surface area contributed by atoms with Crippen molar-refractivity contribution >= 4 is 56.9 Å². The van der Waals surface area contributed by atoms with Crippen LogP contribution in [0.25, 0.3) is 0 Å². The minimum atomic E-state index is -1.13. The average molecular weight is 409 g/mol. The number of oxime groups is 1. The van der Waals surface area contributed by atoms with Gasteiger partial charge in [-0.3, -0.25) is 0 Å². The zero-order valence-electron chi connectivity index (χ0n) is 14.2. The number of carboxylic acids is 1. The van der Waals surface area contributed by atoms with Gasteiger partial charge in [0.05, 0.1) is 5.69 Å². The highest BCUT2D eigenvalue weighted by Crippen LogP contribution is 2.26. The van der Waals surface area contributed by atoms with Crippen LogP contribution in [0.5, 0.6) is 0 Å². The van der Waals surface area contributed by atoms with Crippen molar-refractivity contribution in [3.63, 3.8) is 0 Å². The van der Waals surface area contributed by atoms with Gasteiger partial charge in [0.2, 0.25) is 0 Å². The van der Waals surface area contributed by atoms with Gasteiger partial charge < -0.3 is 9.94 Å². The second kappa shape index (κ2) is 10.3. The second-order valence-corrected chi connectivity index (χ2v) is 7.39. The topological polar surface area (TPSA) is 71.2 Å². The summed E-state index contributed by atoms with van der Waals surface area (Å²) in [5, 5.41) is 13.7. The Kier molecular flexibility index (Phi) is 8.03. The molecule has 0 spiro atoms. The van der Waals surface area contributed by atoms with Gasteiger partial charge in [0.1, 0.15) is 11.5 Å². The molecule has 0 aliphatic rings. The molecule has 0 aromatic heterocycles. The Balaban J connectivity index is 2.21. The summed E-state index contributed by atoms with van der Waals surface area (Å²) in [7, 11) is 1.32. The Bertz CT molecular complexity index is 823. The molecular formula is C18H17ClN2O3S2. The summed E-state index contributed by atoms with van der Waals surface area (Å²) in [5.41, 5.74) is 2.06. The van der Waals surface area contributed by atoms with E-state index in [1.807, 2.05) is 30.5 Å². The van der Waals surface area contributed by atoms with Gasteiger partial charge in [0.15, 0.2) is 5.71 Å². The van der Waals surface area contributed by atoms with Crippen molar-refractivity contribution in [1.29, 1.82) is 0 Å². The predicted molar refractivity (Wildman–Crippen MR) is 111 cm³/mol. The van der Waals surface area contributed by atoms with Gasteiger partial charge in [-0.1, -0.05) is 52.8 Å². The smallest absolute Gasteiger partial charge is 0.358 e. The molecule has 0 aliphatic heterocycles. The Labute approximate surface area is 165 Å². The standard InChI is InChI=1S/C18H17ClN2O3S2/c1-24-21-16(17(22)23)15-6-4-3-5-12(15)11-26-18(25-2)20-14-9-7-13(19)8-10-14/h3-10H,11H2,1-2H3,(H,22,23)/b20-18+,21-16-. The van der Waals surface area contributed by atoms with Crippen LogP contribution in [0.15, 0.2) is 58.7 Å². The minimum Gasteiger partial charge on any atom is -0.476 e. The molecule has 0 saturated heterocycles. The number of thioether (sulfide) groups is 2. The molecule has 8 heteroatoms. The van der Waals surface area contributed by atoms with Crippen LogP contribution in [0.4, 0.5) is 5.69 Å². The Morgan fingerprint density at radius 3 is 2.50 bits per heavy atom. The molecule has 2 aromatic carbocycles. The molecule has 0 heterocycles. The average Bonchev–Trinajstić information content (AvgIpc) is 2.65. The van der Waals surface area contributed by atoms with Gasteiger partial charge in [-0.05, 0) is 36.1 Å². The number of rotatable bonds is 6. The second-order valence-electron chi connectivity index (χ2n) is 4.93. The fourth-order valence-electron chi connectivity index (χ4n) is 2.07. The van der Waals surface area contributed by atoms with Crippen LogP contribution >= 0.6 is 35.1 Å². The molecule has 0 atom stereocenters. The fraction of sp³-hybridized carbons (Fsp3) is 0.167. The highest BCUT2D eigenvalue weighted by Gasteiger charge is 2.17. The number of aliphatic carboxylic acids is 1. The predicted octanol–water partition coefficient (Wildman–Crippen LogP) is 5.06. The van der Waals surface area contributed by atoms with E-state index in [0.29, 0.717) is 16.3 Å². The van der Waals surface area contributed by atoms with Crippen molar-refractivity contribution in [1.82, 2.24) is 0 Å². The summed E-state index contributed by atoms with van der Waals surface area (Å²) in [4.78, 5) is 20.7.